The highest BCUT2D eigenvalue weighted by Gasteiger charge is 2.47. The van der Waals surface area contributed by atoms with E-state index in [1.54, 1.807) is 5.01 Å². The third-order valence-electron chi connectivity index (χ3n) is 6.04. The first-order chi connectivity index (χ1) is 14.6. The number of hydrazone groups is 1. The summed E-state index contributed by atoms with van der Waals surface area (Å²) in [6.07, 6.45) is 4.14. The highest BCUT2D eigenvalue weighted by molar-refractivity contribution is 6.30. The molecule has 0 saturated heterocycles. The lowest BCUT2D eigenvalue weighted by atomic mass is 9.73. The van der Waals surface area contributed by atoms with Crippen molar-refractivity contribution in [2.24, 2.45) is 22.4 Å². The maximum atomic E-state index is 13.4. The van der Waals surface area contributed by atoms with Gasteiger partial charge in [0.05, 0.1) is 11.8 Å². The van der Waals surface area contributed by atoms with Crippen molar-refractivity contribution in [2.75, 3.05) is 0 Å². The summed E-state index contributed by atoms with van der Waals surface area (Å²) in [6.45, 7) is 8.12. The number of benzene rings is 2. The molecule has 0 unspecified atom stereocenters. The summed E-state index contributed by atoms with van der Waals surface area (Å²) in [5.74, 6) is 0.699. The molecule has 2 aromatic rings. The Morgan fingerprint density at radius 1 is 1.03 bits per heavy atom. The molecule has 1 aliphatic heterocycles. The summed E-state index contributed by atoms with van der Waals surface area (Å²) in [5.41, 5.74) is 3.89. The topological polar surface area (TPSA) is 32.7 Å². The Kier molecular flexibility index (Phi) is 6.02. The van der Waals surface area contributed by atoms with Gasteiger partial charge in [-0.3, -0.25) is 4.79 Å². The Morgan fingerprint density at radius 3 is 2.19 bits per heavy atom. The maximum absolute atomic E-state index is 13.4. The Hall–Kier alpha value is -2.10. The average molecular weight is 455 g/mol. The minimum Gasteiger partial charge on any atom is -0.272 e. The zero-order valence-electron chi connectivity index (χ0n) is 18.4. The van der Waals surface area contributed by atoms with Crippen molar-refractivity contribution in [2.45, 2.75) is 46.6 Å². The number of amides is 1. The first-order valence-electron chi connectivity index (χ1n) is 10.8. The molecule has 31 heavy (non-hydrogen) atoms. The van der Waals surface area contributed by atoms with E-state index in [0.717, 1.165) is 34.7 Å². The van der Waals surface area contributed by atoms with E-state index >= 15 is 0 Å². The largest absolute Gasteiger partial charge is 0.272 e. The number of carbonyl (C=O) groups is 1. The van der Waals surface area contributed by atoms with Crippen molar-refractivity contribution in [1.82, 2.24) is 5.01 Å². The van der Waals surface area contributed by atoms with Crippen LogP contribution in [0.15, 0.2) is 59.2 Å². The van der Waals surface area contributed by atoms with Crippen LogP contribution in [0, 0.1) is 17.3 Å². The smallest absolute Gasteiger partial charge is 0.248 e. The van der Waals surface area contributed by atoms with E-state index in [9.17, 15) is 4.79 Å². The zero-order valence-corrected chi connectivity index (χ0v) is 19.9. The fraction of sp³-hybridized carbons (Fsp3) is 0.385. The highest BCUT2D eigenvalue weighted by atomic mass is 35.5. The molecule has 1 heterocycles. The van der Waals surface area contributed by atoms with Crippen LogP contribution >= 0.6 is 23.2 Å². The second kappa shape index (κ2) is 8.44. The van der Waals surface area contributed by atoms with Gasteiger partial charge in [-0.1, -0.05) is 75.2 Å². The highest BCUT2D eigenvalue weighted by Crippen LogP contribution is 2.47. The predicted octanol–water partition coefficient (Wildman–Crippen LogP) is 7.41. The van der Waals surface area contributed by atoms with E-state index in [1.165, 1.54) is 5.57 Å². The fourth-order valence-corrected chi connectivity index (χ4v) is 4.81. The molecule has 0 bridgehead atoms. The van der Waals surface area contributed by atoms with Crippen molar-refractivity contribution >= 4 is 40.9 Å². The van der Waals surface area contributed by atoms with Crippen molar-refractivity contribution in [3.8, 4) is 0 Å². The second-order valence-corrected chi connectivity index (χ2v) is 10.6. The molecule has 1 fully saturated rings. The van der Waals surface area contributed by atoms with Gasteiger partial charge in [0.2, 0.25) is 5.91 Å². The standard InChI is InChI=1S/C26H28Cl2N2O/c1-16-13-19(15-17-5-9-20(27)10-6-17)23-22(14-16)24(18-7-11-21(28)12-8-18)30(29-23)25(31)26(2,3)4/h5-12,15-16,22,24H,13-14H2,1-4H3/b19-15+/t16-,22+,24-/m1/s1. The SMILES string of the molecule is C[C@@H]1C/C(=C\c2ccc(Cl)cc2)C2=NN(C(=O)C(C)(C)C)[C@H](c3ccc(Cl)cc3)[C@H]2C1. The van der Waals surface area contributed by atoms with Gasteiger partial charge in [-0.15, -0.1) is 0 Å². The molecule has 4 rings (SSSR count). The minimum atomic E-state index is -0.520. The lowest BCUT2D eigenvalue weighted by Gasteiger charge is -2.34. The van der Waals surface area contributed by atoms with Crippen LogP contribution in [0.25, 0.3) is 6.08 Å². The van der Waals surface area contributed by atoms with Gasteiger partial charge in [-0.05, 0) is 65.8 Å². The van der Waals surface area contributed by atoms with Crippen LogP contribution < -0.4 is 0 Å². The normalized spacial score (nSPS) is 24.8. The number of hydrogen-bond donors (Lipinski definition) is 0. The van der Waals surface area contributed by atoms with Gasteiger partial charge in [0.15, 0.2) is 0 Å². The van der Waals surface area contributed by atoms with Gasteiger partial charge in [0.25, 0.3) is 0 Å². The minimum absolute atomic E-state index is 0.0350. The molecule has 1 aliphatic carbocycles. The number of carbonyl (C=O) groups excluding carboxylic acids is 1. The molecule has 0 aromatic heterocycles. The number of allylic oxidation sites excluding steroid dienone is 1. The Balaban J connectivity index is 1.80. The summed E-state index contributed by atoms with van der Waals surface area (Å²) in [7, 11) is 0. The van der Waals surface area contributed by atoms with Crippen molar-refractivity contribution in [3.05, 3.63) is 75.3 Å². The third-order valence-corrected chi connectivity index (χ3v) is 6.54. The quantitative estimate of drug-likeness (QED) is 0.464. The Labute approximate surface area is 194 Å². The monoisotopic (exact) mass is 454 g/mol. The van der Waals surface area contributed by atoms with Crippen LogP contribution in [0.1, 0.15) is 57.7 Å². The maximum Gasteiger partial charge on any atom is 0.248 e. The van der Waals surface area contributed by atoms with Gasteiger partial charge >= 0.3 is 0 Å². The first kappa shape index (κ1) is 22.1. The van der Waals surface area contributed by atoms with Gasteiger partial charge in [0.1, 0.15) is 0 Å². The van der Waals surface area contributed by atoms with Crippen LogP contribution in [0.5, 0.6) is 0 Å². The number of nitrogens with zero attached hydrogens (tertiary/aromatic N) is 2. The van der Waals surface area contributed by atoms with Crippen LogP contribution in [-0.2, 0) is 4.79 Å². The molecule has 3 atom stereocenters. The summed E-state index contributed by atoms with van der Waals surface area (Å²) >= 11 is 12.2. The average Bonchev–Trinajstić information content (AvgIpc) is 3.08. The summed E-state index contributed by atoms with van der Waals surface area (Å²) < 4.78 is 0. The molecular formula is C26H28Cl2N2O. The molecule has 1 amide bonds. The van der Waals surface area contributed by atoms with Crippen LogP contribution in [0.4, 0.5) is 0 Å². The number of fused-ring (bicyclic) bond motifs is 1. The zero-order chi connectivity index (χ0) is 22.3. The summed E-state index contributed by atoms with van der Waals surface area (Å²) in [6, 6.07) is 15.6. The molecule has 0 spiro atoms. The van der Waals surface area contributed by atoms with Crippen molar-refractivity contribution < 1.29 is 4.79 Å². The molecule has 1 saturated carbocycles. The van der Waals surface area contributed by atoms with Gasteiger partial charge in [0, 0.05) is 21.4 Å². The number of halogens is 2. The summed E-state index contributed by atoms with van der Waals surface area (Å²) in [4.78, 5) is 13.4. The predicted molar refractivity (Wildman–Crippen MR) is 129 cm³/mol. The lowest BCUT2D eigenvalue weighted by molar-refractivity contribution is -0.142. The molecule has 0 N–H and O–H groups in total. The molecule has 2 aromatic carbocycles. The van der Waals surface area contributed by atoms with E-state index in [4.69, 9.17) is 28.3 Å². The third kappa shape index (κ3) is 4.58. The van der Waals surface area contributed by atoms with E-state index in [1.807, 2.05) is 69.3 Å². The molecule has 0 radical (unpaired) electrons. The second-order valence-electron chi connectivity index (χ2n) is 9.75. The van der Waals surface area contributed by atoms with Crippen LogP contribution in [0.2, 0.25) is 10.0 Å². The molecule has 2 aliphatic rings. The molecular weight excluding hydrogens is 427 g/mol. The van der Waals surface area contributed by atoms with E-state index in [0.29, 0.717) is 10.9 Å². The Bertz CT molecular complexity index is 1030. The fourth-order valence-electron chi connectivity index (χ4n) is 4.55. The first-order valence-corrected chi connectivity index (χ1v) is 11.5. The van der Waals surface area contributed by atoms with E-state index < -0.39 is 5.41 Å². The van der Waals surface area contributed by atoms with Gasteiger partial charge in [-0.2, -0.15) is 5.10 Å². The van der Waals surface area contributed by atoms with Gasteiger partial charge in [-0.25, -0.2) is 5.01 Å². The Morgan fingerprint density at radius 2 is 1.61 bits per heavy atom. The molecule has 5 heteroatoms. The molecule has 162 valence electrons. The van der Waals surface area contributed by atoms with Crippen molar-refractivity contribution in [1.29, 1.82) is 0 Å². The summed E-state index contributed by atoms with van der Waals surface area (Å²) in [5, 5.41) is 8.11. The molecule has 3 nitrogen and oxygen atoms in total. The van der Waals surface area contributed by atoms with Crippen molar-refractivity contribution in [3.63, 3.8) is 0 Å². The lowest BCUT2D eigenvalue weighted by Crippen LogP contribution is -2.38. The number of hydrogen-bond acceptors (Lipinski definition) is 2. The van der Waals surface area contributed by atoms with E-state index in [2.05, 4.69) is 13.0 Å². The van der Waals surface area contributed by atoms with Crippen LogP contribution in [-0.4, -0.2) is 16.6 Å². The van der Waals surface area contributed by atoms with Gasteiger partial charge < -0.3 is 0 Å². The van der Waals surface area contributed by atoms with E-state index in [-0.39, 0.29) is 17.9 Å². The van der Waals surface area contributed by atoms with Crippen LogP contribution in [0.3, 0.4) is 0 Å². The number of rotatable bonds is 2.